The van der Waals surface area contributed by atoms with Crippen LogP contribution >= 0.6 is 22.6 Å². The minimum atomic E-state index is -1.01. The van der Waals surface area contributed by atoms with Gasteiger partial charge in [0.2, 0.25) is 0 Å². The van der Waals surface area contributed by atoms with Gasteiger partial charge in [0, 0.05) is 17.8 Å². The zero-order valence-electron chi connectivity index (χ0n) is 7.68. The fourth-order valence-corrected chi connectivity index (χ4v) is 1.66. The number of benzene rings is 1. The molecular formula is C9H9F2IO2. The Labute approximate surface area is 94.3 Å². The lowest BCUT2D eigenvalue weighted by Gasteiger charge is -2.15. The molecule has 0 unspecified atom stereocenters. The van der Waals surface area contributed by atoms with Gasteiger partial charge in [0.15, 0.2) is 6.29 Å². The van der Waals surface area contributed by atoms with Gasteiger partial charge in [-0.3, -0.25) is 0 Å². The van der Waals surface area contributed by atoms with E-state index in [4.69, 9.17) is 9.47 Å². The molecule has 0 aliphatic heterocycles. The first-order chi connectivity index (χ1) is 6.60. The summed E-state index contributed by atoms with van der Waals surface area (Å²) in [6.45, 7) is 0. The minimum absolute atomic E-state index is 0.199. The van der Waals surface area contributed by atoms with Gasteiger partial charge in [-0.1, -0.05) is 0 Å². The van der Waals surface area contributed by atoms with Crippen LogP contribution in [0.4, 0.5) is 8.78 Å². The summed E-state index contributed by atoms with van der Waals surface area (Å²) in [5.41, 5.74) is -0.199. The van der Waals surface area contributed by atoms with Crippen LogP contribution in [0.1, 0.15) is 11.9 Å². The summed E-state index contributed by atoms with van der Waals surface area (Å²) >= 11 is 1.83. The van der Waals surface area contributed by atoms with Crippen LogP contribution in [0, 0.1) is 15.2 Å². The van der Waals surface area contributed by atoms with E-state index in [2.05, 4.69) is 0 Å². The van der Waals surface area contributed by atoms with Gasteiger partial charge in [-0.25, -0.2) is 8.78 Å². The molecule has 1 aromatic carbocycles. The molecule has 0 fully saturated rings. The van der Waals surface area contributed by atoms with Crippen molar-refractivity contribution in [2.75, 3.05) is 14.2 Å². The maximum absolute atomic E-state index is 13.3. The van der Waals surface area contributed by atoms with Crippen molar-refractivity contribution in [1.29, 1.82) is 0 Å². The highest BCUT2D eigenvalue weighted by molar-refractivity contribution is 14.1. The van der Waals surface area contributed by atoms with Crippen LogP contribution in [0.5, 0.6) is 0 Å². The minimum Gasteiger partial charge on any atom is -0.351 e. The first kappa shape index (κ1) is 11.8. The van der Waals surface area contributed by atoms with Crippen molar-refractivity contribution in [1.82, 2.24) is 0 Å². The molecule has 0 radical (unpaired) electrons. The van der Waals surface area contributed by atoms with Crippen molar-refractivity contribution in [2.45, 2.75) is 6.29 Å². The molecule has 0 N–H and O–H groups in total. The lowest BCUT2D eigenvalue weighted by molar-refractivity contribution is -0.109. The smallest absolute Gasteiger partial charge is 0.188 e. The number of rotatable bonds is 3. The Bertz CT molecular complexity index is 304. The van der Waals surface area contributed by atoms with Crippen LogP contribution in [0.3, 0.4) is 0 Å². The van der Waals surface area contributed by atoms with Crippen LogP contribution in [-0.4, -0.2) is 14.2 Å². The van der Waals surface area contributed by atoms with Gasteiger partial charge in [-0.05, 0) is 34.7 Å². The second kappa shape index (κ2) is 4.99. The van der Waals surface area contributed by atoms with Crippen molar-refractivity contribution in [3.05, 3.63) is 32.9 Å². The molecule has 0 amide bonds. The van der Waals surface area contributed by atoms with Crippen molar-refractivity contribution in [3.8, 4) is 0 Å². The molecule has 0 aliphatic carbocycles. The molecule has 0 aliphatic rings. The quantitative estimate of drug-likeness (QED) is 0.631. The summed E-state index contributed by atoms with van der Waals surface area (Å²) < 4.78 is 36.7. The van der Waals surface area contributed by atoms with Crippen molar-refractivity contribution in [3.63, 3.8) is 0 Å². The van der Waals surface area contributed by atoms with E-state index in [1.54, 1.807) is 0 Å². The summed E-state index contributed by atoms with van der Waals surface area (Å²) in [7, 11) is 2.65. The van der Waals surface area contributed by atoms with Gasteiger partial charge < -0.3 is 9.47 Å². The predicted octanol–water partition coefficient (Wildman–Crippen LogP) is 2.86. The van der Waals surface area contributed by atoms with E-state index in [1.807, 2.05) is 22.6 Å². The molecule has 14 heavy (non-hydrogen) atoms. The van der Waals surface area contributed by atoms with E-state index in [9.17, 15) is 8.78 Å². The van der Waals surface area contributed by atoms with Crippen molar-refractivity contribution < 1.29 is 18.3 Å². The Morgan fingerprint density at radius 2 is 1.57 bits per heavy atom. The molecule has 0 saturated carbocycles. The Balaban J connectivity index is 3.19. The molecule has 0 aromatic heterocycles. The highest BCUT2D eigenvalue weighted by atomic mass is 127. The molecule has 2 nitrogen and oxygen atoms in total. The first-order valence-electron chi connectivity index (χ1n) is 3.80. The van der Waals surface area contributed by atoms with Gasteiger partial charge in [0.05, 0.1) is 5.56 Å². The van der Waals surface area contributed by atoms with Gasteiger partial charge >= 0.3 is 0 Å². The molecule has 1 rings (SSSR count). The molecule has 78 valence electrons. The molecular weight excluding hydrogens is 305 g/mol. The van der Waals surface area contributed by atoms with Crippen molar-refractivity contribution in [2.24, 2.45) is 0 Å². The first-order valence-corrected chi connectivity index (χ1v) is 4.88. The van der Waals surface area contributed by atoms with Gasteiger partial charge in [0.1, 0.15) is 11.6 Å². The summed E-state index contributed by atoms with van der Waals surface area (Å²) in [5, 5.41) is 0. The normalized spacial score (nSPS) is 11.0. The molecule has 5 heteroatoms. The van der Waals surface area contributed by atoms with E-state index in [-0.39, 0.29) is 5.56 Å². The molecule has 0 spiro atoms. The number of ether oxygens (including phenoxy) is 2. The zero-order valence-corrected chi connectivity index (χ0v) is 9.84. The zero-order chi connectivity index (χ0) is 10.7. The van der Waals surface area contributed by atoms with E-state index in [1.165, 1.54) is 26.4 Å². The van der Waals surface area contributed by atoms with Crippen LogP contribution in [0.2, 0.25) is 0 Å². The fourth-order valence-electron chi connectivity index (χ4n) is 1.11. The summed E-state index contributed by atoms with van der Waals surface area (Å²) in [6, 6.07) is 2.45. The summed E-state index contributed by atoms with van der Waals surface area (Å²) in [6.07, 6.45) is -1.01. The number of halogens is 3. The molecule has 0 atom stereocenters. The highest BCUT2D eigenvalue weighted by Gasteiger charge is 2.20. The predicted molar refractivity (Wildman–Crippen MR) is 55.8 cm³/mol. The largest absolute Gasteiger partial charge is 0.351 e. The Kier molecular flexibility index (Phi) is 4.21. The number of hydrogen-bond donors (Lipinski definition) is 0. The van der Waals surface area contributed by atoms with Crippen LogP contribution in [0.15, 0.2) is 12.1 Å². The lowest BCUT2D eigenvalue weighted by Crippen LogP contribution is -2.09. The SMILES string of the molecule is COC(OC)c1c(F)cc(I)cc1F. The topological polar surface area (TPSA) is 18.5 Å². The third-order valence-electron chi connectivity index (χ3n) is 1.71. The standard InChI is InChI=1S/C9H9F2IO2/c1-13-9(14-2)8-6(10)3-5(12)4-7(8)11/h3-4,9H,1-2H3. The van der Waals surface area contributed by atoms with E-state index in [0.717, 1.165) is 0 Å². The maximum atomic E-state index is 13.3. The number of methoxy groups -OCH3 is 2. The average Bonchev–Trinajstić information content (AvgIpc) is 2.10. The summed E-state index contributed by atoms with van der Waals surface area (Å²) in [4.78, 5) is 0. The molecule has 0 bridgehead atoms. The average molecular weight is 314 g/mol. The highest BCUT2D eigenvalue weighted by Crippen LogP contribution is 2.25. The van der Waals surface area contributed by atoms with E-state index >= 15 is 0 Å². The third-order valence-corrected chi connectivity index (χ3v) is 2.33. The van der Waals surface area contributed by atoms with E-state index in [0.29, 0.717) is 3.57 Å². The van der Waals surface area contributed by atoms with Gasteiger partial charge in [0.25, 0.3) is 0 Å². The monoisotopic (exact) mass is 314 g/mol. The Hall–Kier alpha value is -0.270. The Morgan fingerprint density at radius 1 is 1.14 bits per heavy atom. The Morgan fingerprint density at radius 3 is 1.93 bits per heavy atom. The van der Waals surface area contributed by atoms with E-state index < -0.39 is 17.9 Å². The second-order valence-corrected chi connectivity index (χ2v) is 3.83. The van der Waals surface area contributed by atoms with Crippen molar-refractivity contribution >= 4 is 22.6 Å². The van der Waals surface area contributed by atoms with Crippen LogP contribution < -0.4 is 0 Å². The third kappa shape index (κ3) is 2.40. The molecule has 0 saturated heterocycles. The lowest BCUT2D eigenvalue weighted by atomic mass is 10.2. The maximum Gasteiger partial charge on any atom is 0.188 e. The molecule has 0 heterocycles. The summed E-state index contributed by atoms with van der Waals surface area (Å²) in [5.74, 6) is -1.33. The fraction of sp³-hybridized carbons (Fsp3) is 0.333. The van der Waals surface area contributed by atoms with Crippen LogP contribution in [0.25, 0.3) is 0 Å². The molecule has 1 aromatic rings. The van der Waals surface area contributed by atoms with Gasteiger partial charge in [-0.15, -0.1) is 0 Å². The second-order valence-electron chi connectivity index (χ2n) is 2.59. The van der Waals surface area contributed by atoms with Gasteiger partial charge in [-0.2, -0.15) is 0 Å². The van der Waals surface area contributed by atoms with Crippen LogP contribution in [-0.2, 0) is 9.47 Å². The number of hydrogen-bond acceptors (Lipinski definition) is 2.